The lowest BCUT2D eigenvalue weighted by Gasteiger charge is -2.09. The number of nitrogens with one attached hydrogen (secondary N) is 1. The van der Waals surface area contributed by atoms with E-state index < -0.39 is 42.0 Å². The Bertz CT molecular complexity index is 4750. The van der Waals surface area contributed by atoms with Gasteiger partial charge in [0.2, 0.25) is 12.4 Å². The summed E-state index contributed by atoms with van der Waals surface area (Å²) in [5, 5.41) is 14.6. The molecule has 9 heterocycles. The molecule has 28 heteroatoms. The highest BCUT2D eigenvalue weighted by Gasteiger charge is 2.29. The van der Waals surface area contributed by atoms with Gasteiger partial charge < -0.3 is 33.9 Å². The number of aromatic amines is 1. The van der Waals surface area contributed by atoms with Crippen LogP contribution in [0.3, 0.4) is 0 Å². The Kier molecular flexibility index (Phi) is 19.6. The van der Waals surface area contributed by atoms with Crippen LogP contribution >= 0.6 is 44.3 Å². The van der Waals surface area contributed by atoms with Gasteiger partial charge in [-0.25, -0.2) is 56.7 Å². The number of carbonyl (C=O) groups excluding carboxylic acids is 2. The van der Waals surface area contributed by atoms with Crippen LogP contribution in [0.15, 0.2) is 225 Å². The summed E-state index contributed by atoms with van der Waals surface area (Å²) in [6, 6.07) is 38.1. The van der Waals surface area contributed by atoms with Crippen LogP contribution in [-0.2, 0) is 34.8 Å². The first-order chi connectivity index (χ1) is 40.8. The third-order valence-electron chi connectivity index (χ3n) is 12.6. The molecular formula is C58H47Br2ClN8O14S3. The lowest BCUT2D eigenvalue weighted by Crippen LogP contribution is -2.25. The highest BCUT2D eigenvalue weighted by Crippen LogP contribution is 2.34. The second-order valence-electron chi connectivity index (χ2n) is 17.5. The van der Waals surface area contributed by atoms with Crippen molar-refractivity contribution in [2.24, 2.45) is 0 Å². The number of hydrogen-bond donors (Lipinski definition) is 1. The minimum Gasteiger partial charge on any atom is -0.619 e. The van der Waals surface area contributed by atoms with E-state index in [1.807, 2.05) is 12.3 Å². The standard InChI is InChI=1S/C14H11BrN2O3S.C14H12N2O4S.C14H12N2O3S.C8H7BrN2O.C8H4O3.ClH/c1-20-12-9-16-14(15)13-11(12)7-8-17(13)21(18,19)10-5-3-2-4-6-10;1-20-14-10-15(17)9-13-12(14)7-8-16(13)21(18,19)11-5-3-2-4-6-11;1-19-14-10-15-9-13-12(14)7-8-16(13)20(17,18)11-5-3-2-4-6-11;1-12-6-4-11-8(9)7-5(6)2-3-10-7;9-7-5-3-1-2-4-6(5)8(10)11-7;/h2-9H,1H3;2-10H,1H3;2-10H,1H3;2-4,10H,1H3;1-4H;1H. The van der Waals surface area contributed by atoms with Crippen molar-refractivity contribution < 1.29 is 63.3 Å². The average Bonchev–Trinajstić information content (AvgIpc) is 4.30. The van der Waals surface area contributed by atoms with Crippen molar-refractivity contribution in [3.05, 3.63) is 227 Å². The highest BCUT2D eigenvalue weighted by molar-refractivity contribution is 9.10. The Morgan fingerprint density at radius 1 is 0.488 bits per heavy atom. The van der Waals surface area contributed by atoms with Gasteiger partial charge in [-0.3, -0.25) is 4.98 Å². The van der Waals surface area contributed by atoms with Crippen LogP contribution < -0.4 is 23.7 Å². The van der Waals surface area contributed by atoms with E-state index in [9.17, 15) is 40.0 Å². The number of ether oxygens (including phenoxy) is 5. The number of cyclic esters (lactones) is 2. The SMILES string of the molecule is COc1c[n+]([O-])cc2c1ccn2S(=O)(=O)c1ccccc1.COc1cnc(Br)c2[nH]ccc12.COc1cnc(Br)c2c1ccn2S(=O)(=O)c1ccccc1.COc1cncc2c1ccn2S(=O)(=O)c1ccccc1.Cl.O=C1OC(=O)c2ccccc21. The van der Waals surface area contributed by atoms with Gasteiger partial charge in [-0.15, -0.1) is 12.4 Å². The summed E-state index contributed by atoms with van der Waals surface area (Å²) in [6.07, 6.45) is 15.1. The molecule has 22 nitrogen and oxygen atoms in total. The van der Waals surface area contributed by atoms with E-state index >= 15 is 0 Å². The van der Waals surface area contributed by atoms with Gasteiger partial charge in [0.1, 0.15) is 37.5 Å². The van der Waals surface area contributed by atoms with Crippen molar-refractivity contribution in [1.29, 1.82) is 0 Å². The third kappa shape index (κ3) is 12.8. The summed E-state index contributed by atoms with van der Waals surface area (Å²) in [5.41, 5.74) is 2.91. The molecule has 8 aromatic heterocycles. The fourth-order valence-corrected chi connectivity index (χ4v) is 13.7. The largest absolute Gasteiger partial charge is 0.619 e. The number of H-pyrrole nitrogens is 1. The molecule has 1 aliphatic rings. The van der Waals surface area contributed by atoms with E-state index in [0.29, 0.717) is 64.9 Å². The summed E-state index contributed by atoms with van der Waals surface area (Å²) in [6.45, 7) is 0. The molecule has 4 aromatic carbocycles. The highest BCUT2D eigenvalue weighted by atomic mass is 79.9. The van der Waals surface area contributed by atoms with E-state index in [1.165, 1.54) is 78.6 Å². The molecule has 86 heavy (non-hydrogen) atoms. The van der Waals surface area contributed by atoms with E-state index in [-0.39, 0.29) is 32.6 Å². The van der Waals surface area contributed by atoms with Crippen LogP contribution in [0.1, 0.15) is 20.7 Å². The molecule has 0 atom stereocenters. The number of aromatic nitrogens is 8. The topological polar surface area (TPSA) is 279 Å². The fraction of sp³-hybridized carbons (Fsp3) is 0.0690. The van der Waals surface area contributed by atoms with Gasteiger partial charge in [0.25, 0.3) is 30.1 Å². The first-order valence-electron chi connectivity index (χ1n) is 24.7. The summed E-state index contributed by atoms with van der Waals surface area (Å²) < 4.78 is 106. The lowest BCUT2D eigenvalue weighted by atomic mass is 10.1. The Morgan fingerprint density at radius 2 is 0.907 bits per heavy atom. The maximum Gasteiger partial charge on any atom is 0.346 e. The molecule has 0 radical (unpaired) electrons. The van der Waals surface area contributed by atoms with Crippen molar-refractivity contribution in [1.82, 2.24) is 31.9 Å². The number of fused-ring (bicyclic) bond motifs is 5. The number of carbonyl (C=O) groups is 2. The molecule has 0 unspecified atom stereocenters. The molecule has 0 fully saturated rings. The Hall–Kier alpha value is -9.12. The Morgan fingerprint density at radius 3 is 1.42 bits per heavy atom. The third-order valence-corrected chi connectivity index (χ3v) is 18.9. The molecule has 0 amide bonds. The quantitative estimate of drug-likeness (QED) is 0.0438. The van der Waals surface area contributed by atoms with Gasteiger partial charge in [0.05, 0.1) is 95.5 Å². The zero-order valence-corrected chi connectivity index (χ0v) is 51.7. The van der Waals surface area contributed by atoms with Crippen LogP contribution in [0.5, 0.6) is 23.0 Å². The first-order valence-corrected chi connectivity index (χ1v) is 30.7. The summed E-state index contributed by atoms with van der Waals surface area (Å²) in [5.74, 6) is 1.08. The number of esters is 2. The summed E-state index contributed by atoms with van der Waals surface area (Å²) in [4.78, 5) is 37.6. The maximum atomic E-state index is 12.7. The number of benzene rings is 4. The lowest BCUT2D eigenvalue weighted by molar-refractivity contribution is -0.604. The van der Waals surface area contributed by atoms with Gasteiger partial charge >= 0.3 is 11.9 Å². The normalized spacial score (nSPS) is 11.7. The predicted octanol–water partition coefficient (Wildman–Crippen LogP) is 10.6. The fourth-order valence-electron chi connectivity index (χ4n) is 8.59. The minimum atomic E-state index is -3.76. The number of nitrogens with zero attached hydrogens (tertiary/aromatic N) is 7. The zero-order valence-electron chi connectivity index (χ0n) is 45.3. The molecular weight excluding hydrogens is 1320 g/mol. The van der Waals surface area contributed by atoms with Crippen molar-refractivity contribution in [3.63, 3.8) is 0 Å². The van der Waals surface area contributed by atoms with Crippen molar-refractivity contribution >= 4 is 130 Å². The van der Waals surface area contributed by atoms with E-state index in [0.717, 1.165) is 25.2 Å². The van der Waals surface area contributed by atoms with Gasteiger partial charge in [-0.05, 0) is 105 Å². The number of rotatable bonds is 10. The number of methoxy groups -OCH3 is 4. The molecule has 1 aliphatic heterocycles. The van der Waals surface area contributed by atoms with Gasteiger partial charge in [0.15, 0.2) is 5.75 Å². The first kappa shape index (κ1) is 62.9. The molecule has 1 N–H and O–H groups in total. The van der Waals surface area contributed by atoms with Crippen LogP contribution in [-0.4, -0.2) is 97.5 Å². The van der Waals surface area contributed by atoms with Crippen molar-refractivity contribution in [2.45, 2.75) is 14.7 Å². The van der Waals surface area contributed by atoms with Gasteiger partial charge in [-0.1, -0.05) is 66.7 Å². The van der Waals surface area contributed by atoms with E-state index in [2.05, 4.69) is 56.5 Å². The summed E-state index contributed by atoms with van der Waals surface area (Å²) >= 11 is 6.64. The molecule has 0 saturated carbocycles. The van der Waals surface area contributed by atoms with Crippen LogP contribution in [0.2, 0.25) is 0 Å². The second kappa shape index (κ2) is 26.9. The molecule has 0 saturated heterocycles. The van der Waals surface area contributed by atoms with E-state index in [1.54, 1.807) is 147 Å². The molecule has 12 aromatic rings. The van der Waals surface area contributed by atoms with Crippen LogP contribution in [0.4, 0.5) is 0 Å². The zero-order chi connectivity index (χ0) is 60.6. The molecule has 0 aliphatic carbocycles. The van der Waals surface area contributed by atoms with E-state index in [4.69, 9.17) is 18.9 Å². The van der Waals surface area contributed by atoms with Crippen molar-refractivity contribution in [2.75, 3.05) is 28.4 Å². The molecule has 0 bridgehead atoms. The maximum absolute atomic E-state index is 12.7. The van der Waals surface area contributed by atoms with Crippen LogP contribution in [0.25, 0.3) is 43.6 Å². The molecule has 0 spiro atoms. The van der Waals surface area contributed by atoms with Gasteiger partial charge in [-0.2, -0.15) is 4.73 Å². The smallest absolute Gasteiger partial charge is 0.346 e. The Balaban J connectivity index is 0.000000142. The average molecular weight is 1370 g/mol. The van der Waals surface area contributed by atoms with Gasteiger partial charge in [0, 0.05) is 40.9 Å². The minimum absolute atomic E-state index is 0. The van der Waals surface area contributed by atoms with Crippen LogP contribution in [0, 0.1) is 5.21 Å². The second-order valence-corrected chi connectivity index (χ2v) is 24.5. The molecule has 442 valence electrons. The Labute approximate surface area is 514 Å². The number of pyridine rings is 4. The van der Waals surface area contributed by atoms with Crippen molar-refractivity contribution in [3.8, 4) is 23.0 Å². The predicted molar refractivity (Wildman–Crippen MR) is 329 cm³/mol. The monoisotopic (exact) mass is 1370 g/mol. The summed E-state index contributed by atoms with van der Waals surface area (Å²) in [7, 11) is -4.95. The number of hydrogen-bond acceptors (Lipinski definition) is 17. The number of halogens is 3. The molecule has 13 rings (SSSR count).